The van der Waals surface area contributed by atoms with Crippen molar-refractivity contribution in [3.8, 4) is 0 Å². The first-order valence-electron chi connectivity index (χ1n) is 4.52. The van der Waals surface area contributed by atoms with E-state index in [4.69, 9.17) is 0 Å². The molecule has 74 valence electrons. The van der Waals surface area contributed by atoms with Gasteiger partial charge in [0.25, 0.3) is 0 Å². The summed E-state index contributed by atoms with van der Waals surface area (Å²) in [4.78, 5) is 13.4. The molecule has 0 fully saturated rings. The van der Waals surface area contributed by atoms with Crippen LogP contribution in [0.3, 0.4) is 0 Å². The van der Waals surface area contributed by atoms with Gasteiger partial charge in [0.05, 0.1) is 0 Å². The molecule has 0 aliphatic heterocycles. The average Bonchev–Trinajstić information content (AvgIpc) is 2.01. The summed E-state index contributed by atoms with van der Waals surface area (Å²) in [6.45, 7) is 9.53. The quantitative estimate of drug-likeness (QED) is 0.641. The van der Waals surface area contributed by atoms with Gasteiger partial charge in [-0.2, -0.15) is 0 Å². The monoisotopic (exact) mass is 181 g/mol. The second-order valence-electron chi connectivity index (χ2n) is 3.93. The van der Waals surface area contributed by atoms with E-state index in [2.05, 4.69) is 0 Å². The summed E-state index contributed by atoms with van der Waals surface area (Å²) in [5.74, 6) is 0.101. The molecule has 0 rings (SSSR count). The van der Waals surface area contributed by atoms with Gasteiger partial charge in [0.15, 0.2) is 0 Å². The molecule has 0 aromatic heterocycles. The Balaban J connectivity index is 4.66. The Kier molecular flexibility index (Phi) is 4.46. The second kappa shape index (κ2) is 4.85. The minimum atomic E-state index is -0.334. The van der Waals surface area contributed by atoms with Gasteiger partial charge in [-0.25, -0.2) is 0 Å². The zero-order valence-corrected chi connectivity index (χ0v) is 9.16. The Hall–Kier alpha value is -1.05. The van der Waals surface area contributed by atoms with Crippen molar-refractivity contribution in [3.05, 3.63) is 24.6 Å². The minimum absolute atomic E-state index is 0.101. The Bertz CT molecular complexity index is 209. The van der Waals surface area contributed by atoms with Gasteiger partial charge >= 0.3 is 0 Å². The van der Waals surface area contributed by atoms with Crippen molar-refractivity contribution in [3.63, 3.8) is 0 Å². The highest BCUT2D eigenvalue weighted by Crippen LogP contribution is 2.17. The number of hydrogen-bond donors (Lipinski definition) is 0. The first kappa shape index (κ1) is 11.9. The third-order valence-corrected chi connectivity index (χ3v) is 1.50. The van der Waals surface area contributed by atoms with Crippen LogP contribution in [0.4, 0.5) is 0 Å². The summed E-state index contributed by atoms with van der Waals surface area (Å²) >= 11 is 0. The number of rotatable bonds is 2. The summed E-state index contributed by atoms with van der Waals surface area (Å²) in [7, 11) is 0. The van der Waals surface area contributed by atoms with Crippen LogP contribution in [-0.4, -0.2) is 10.8 Å². The predicted molar refractivity (Wildman–Crippen MR) is 55.9 cm³/mol. The number of allylic oxidation sites excluding steroid dienone is 2. The van der Waals surface area contributed by atoms with Gasteiger partial charge in [-0.05, 0) is 13.8 Å². The zero-order valence-electron chi connectivity index (χ0n) is 9.16. The molecule has 2 heteroatoms. The third-order valence-electron chi connectivity index (χ3n) is 1.50. The Morgan fingerprint density at radius 1 is 1.08 bits per heavy atom. The molecule has 0 unspecified atom stereocenters. The number of hydrogen-bond acceptors (Lipinski definition) is 1. The lowest BCUT2D eigenvalue weighted by molar-refractivity contribution is -0.134. The van der Waals surface area contributed by atoms with Crippen LogP contribution in [0, 0.1) is 5.41 Å². The normalized spacial score (nSPS) is 12.7. The van der Waals surface area contributed by atoms with Crippen LogP contribution in [-0.2, 0) is 4.79 Å². The van der Waals surface area contributed by atoms with Crippen molar-refractivity contribution in [2.45, 2.75) is 34.6 Å². The van der Waals surface area contributed by atoms with Crippen LogP contribution in [0.1, 0.15) is 34.6 Å². The van der Waals surface area contributed by atoms with Crippen LogP contribution in [0.25, 0.3) is 0 Å². The standard InChI is InChI=1S/C11H19NO/c1-6-8-12(9-7-2)10(13)11(3,4)5/h6-9H,1-5H3/b8-6-,9-7-. The third kappa shape index (κ3) is 3.92. The SMILES string of the molecule is C/C=C\N(/C=C\C)C(=O)C(C)(C)C. The first-order valence-corrected chi connectivity index (χ1v) is 4.52. The molecule has 0 saturated heterocycles. The van der Waals surface area contributed by atoms with E-state index in [9.17, 15) is 4.79 Å². The minimum Gasteiger partial charge on any atom is -0.295 e. The topological polar surface area (TPSA) is 20.3 Å². The summed E-state index contributed by atoms with van der Waals surface area (Å²) in [5, 5.41) is 0. The van der Waals surface area contributed by atoms with E-state index in [0.717, 1.165) is 0 Å². The molecule has 0 aromatic carbocycles. The summed E-state index contributed by atoms with van der Waals surface area (Å²) in [5.41, 5.74) is -0.334. The highest BCUT2D eigenvalue weighted by Gasteiger charge is 2.24. The van der Waals surface area contributed by atoms with E-state index in [1.54, 1.807) is 17.3 Å². The molecule has 2 nitrogen and oxygen atoms in total. The van der Waals surface area contributed by atoms with Gasteiger partial charge in [-0.3, -0.25) is 9.69 Å². The lowest BCUT2D eigenvalue weighted by Gasteiger charge is -2.23. The molecule has 0 aliphatic rings. The second-order valence-corrected chi connectivity index (χ2v) is 3.93. The van der Waals surface area contributed by atoms with E-state index in [1.807, 2.05) is 46.8 Å². The molecular weight excluding hydrogens is 162 g/mol. The van der Waals surface area contributed by atoms with Gasteiger partial charge in [-0.15, -0.1) is 0 Å². The van der Waals surface area contributed by atoms with Crippen molar-refractivity contribution in [1.82, 2.24) is 4.90 Å². The fraction of sp³-hybridized carbons (Fsp3) is 0.545. The lowest BCUT2D eigenvalue weighted by atomic mass is 9.95. The van der Waals surface area contributed by atoms with Gasteiger partial charge in [0.1, 0.15) is 0 Å². The van der Waals surface area contributed by atoms with Crippen molar-refractivity contribution >= 4 is 5.91 Å². The Morgan fingerprint density at radius 3 is 1.69 bits per heavy atom. The fourth-order valence-corrected chi connectivity index (χ4v) is 0.894. The summed E-state index contributed by atoms with van der Waals surface area (Å²) in [6.07, 6.45) is 7.24. The number of amides is 1. The number of nitrogens with zero attached hydrogens (tertiary/aromatic N) is 1. The van der Waals surface area contributed by atoms with Gasteiger partial charge in [0.2, 0.25) is 5.91 Å². The van der Waals surface area contributed by atoms with Gasteiger partial charge in [0, 0.05) is 17.8 Å². The van der Waals surface area contributed by atoms with E-state index >= 15 is 0 Å². The van der Waals surface area contributed by atoms with E-state index in [-0.39, 0.29) is 11.3 Å². The largest absolute Gasteiger partial charge is 0.295 e. The average molecular weight is 181 g/mol. The van der Waals surface area contributed by atoms with Crippen LogP contribution in [0.5, 0.6) is 0 Å². The molecule has 0 N–H and O–H groups in total. The molecular formula is C11H19NO. The van der Waals surface area contributed by atoms with Gasteiger partial charge < -0.3 is 0 Å². The lowest BCUT2D eigenvalue weighted by Crippen LogP contribution is -2.32. The maximum absolute atomic E-state index is 11.8. The molecule has 0 atom stereocenters. The fourth-order valence-electron chi connectivity index (χ4n) is 0.894. The van der Waals surface area contributed by atoms with E-state index < -0.39 is 0 Å². The van der Waals surface area contributed by atoms with Crippen molar-refractivity contribution in [2.75, 3.05) is 0 Å². The maximum Gasteiger partial charge on any atom is 0.235 e. The molecule has 0 bridgehead atoms. The smallest absolute Gasteiger partial charge is 0.235 e. The van der Waals surface area contributed by atoms with Gasteiger partial charge in [-0.1, -0.05) is 32.9 Å². The Labute approximate surface area is 80.9 Å². The molecule has 1 amide bonds. The van der Waals surface area contributed by atoms with E-state index in [1.165, 1.54) is 0 Å². The predicted octanol–water partition coefficient (Wildman–Crippen LogP) is 2.93. The van der Waals surface area contributed by atoms with E-state index in [0.29, 0.717) is 0 Å². The van der Waals surface area contributed by atoms with Crippen LogP contribution >= 0.6 is 0 Å². The molecule has 0 heterocycles. The Morgan fingerprint density at radius 2 is 1.46 bits per heavy atom. The zero-order chi connectivity index (χ0) is 10.5. The first-order chi connectivity index (χ1) is 5.93. The summed E-state index contributed by atoms with van der Waals surface area (Å²) < 4.78 is 0. The van der Waals surface area contributed by atoms with Crippen LogP contribution < -0.4 is 0 Å². The maximum atomic E-state index is 11.8. The molecule has 0 spiro atoms. The number of carbonyl (C=O) groups excluding carboxylic acids is 1. The molecule has 13 heavy (non-hydrogen) atoms. The molecule has 0 aromatic rings. The summed E-state index contributed by atoms with van der Waals surface area (Å²) in [6, 6.07) is 0. The van der Waals surface area contributed by atoms with Crippen LogP contribution in [0.2, 0.25) is 0 Å². The highest BCUT2D eigenvalue weighted by atomic mass is 16.2. The molecule has 0 aliphatic carbocycles. The van der Waals surface area contributed by atoms with Crippen LogP contribution in [0.15, 0.2) is 24.6 Å². The molecule has 0 saturated carbocycles. The number of carbonyl (C=O) groups is 1. The van der Waals surface area contributed by atoms with Crippen molar-refractivity contribution < 1.29 is 4.79 Å². The highest BCUT2D eigenvalue weighted by molar-refractivity contribution is 5.83. The van der Waals surface area contributed by atoms with Crippen molar-refractivity contribution in [2.24, 2.45) is 5.41 Å². The molecule has 0 radical (unpaired) electrons. The van der Waals surface area contributed by atoms with Crippen molar-refractivity contribution in [1.29, 1.82) is 0 Å².